The number of thiazole rings is 1. The van der Waals surface area contributed by atoms with Gasteiger partial charge in [0.1, 0.15) is 0 Å². The topological polar surface area (TPSA) is 48.3 Å². The van der Waals surface area contributed by atoms with Crippen molar-refractivity contribution in [2.75, 3.05) is 0 Å². The zero-order chi connectivity index (χ0) is 23.5. The lowest BCUT2D eigenvalue weighted by atomic mass is 9.93. The van der Waals surface area contributed by atoms with Crippen LogP contribution in [0.15, 0.2) is 53.7 Å². The maximum Gasteiger partial charge on any atom is 0.399 e. The zero-order valence-corrected chi connectivity index (χ0v) is 19.1. The molecular formula is C25H24F3N2OS-. The Hall–Kier alpha value is -2.93. The Morgan fingerprint density at radius 3 is 2.34 bits per heavy atom. The summed E-state index contributed by atoms with van der Waals surface area (Å²) in [6, 6.07) is 9.92. The Morgan fingerprint density at radius 2 is 1.78 bits per heavy atom. The van der Waals surface area contributed by atoms with E-state index in [-0.39, 0.29) is 18.0 Å². The summed E-state index contributed by atoms with van der Waals surface area (Å²) in [5, 5.41) is 13.4. The predicted molar refractivity (Wildman–Crippen MR) is 122 cm³/mol. The van der Waals surface area contributed by atoms with Crippen LogP contribution in [-0.2, 0) is 6.54 Å². The number of allylic oxidation sites excluding steroid dienone is 1. The average Bonchev–Trinajstić information content (AvgIpc) is 3.10. The molecule has 32 heavy (non-hydrogen) atoms. The average molecular weight is 458 g/mol. The number of aromatic nitrogens is 1. The molecular weight excluding hydrogens is 433 g/mol. The minimum Gasteiger partial charge on any atom is -0.858 e. The van der Waals surface area contributed by atoms with E-state index < -0.39 is 12.1 Å². The van der Waals surface area contributed by atoms with Gasteiger partial charge >= 0.3 is 6.18 Å². The second-order valence-electron chi connectivity index (χ2n) is 7.84. The van der Waals surface area contributed by atoms with E-state index in [9.17, 15) is 18.3 Å². The van der Waals surface area contributed by atoms with Gasteiger partial charge < -0.3 is 5.11 Å². The molecule has 7 heteroatoms. The van der Waals surface area contributed by atoms with E-state index in [0.717, 1.165) is 21.0 Å². The highest BCUT2D eigenvalue weighted by Crippen LogP contribution is 2.37. The number of halogens is 3. The van der Waals surface area contributed by atoms with Crippen LogP contribution < -0.4 is 5.11 Å². The van der Waals surface area contributed by atoms with Gasteiger partial charge in [0.05, 0.1) is 17.5 Å². The molecule has 0 fully saturated rings. The molecule has 0 aliphatic heterocycles. The molecule has 1 aromatic heterocycles. The lowest BCUT2D eigenvalue weighted by molar-refractivity contribution is -0.213. The standard InChI is InChI=1S/C25H25F3N2OS/c1-15-9-16(2)11-20(10-15)23(25(26,27)28)8-6-19-5-7-22(17(3)12-19)24(31)30-14-21-13-29-18(4)32-21/h5-13,23H,14H2,1-4H3,(H,30,31)/p-1/b8-6+. The first-order valence-corrected chi connectivity index (χ1v) is 10.9. The van der Waals surface area contributed by atoms with Gasteiger partial charge in [0, 0.05) is 11.1 Å². The van der Waals surface area contributed by atoms with Gasteiger partial charge in [-0.05, 0) is 55.8 Å². The van der Waals surface area contributed by atoms with Crippen LogP contribution in [0.2, 0.25) is 0 Å². The predicted octanol–water partition coefficient (Wildman–Crippen LogP) is 6.04. The first-order chi connectivity index (χ1) is 15.0. The number of benzene rings is 2. The van der Waals surface area contributed by atoms with Crippen molar-refractivity contribution >= 4 is 23.3 Å². The highest BCUT2D eigenvalue weighted by atomic mass is 32.1. The molecule has 0 saturated carbocycles. The molecule has 1 unspecified atom stereocenters. The first kappa shape index (κ1) is 23.7. The number of nitrogens with zero attached hydrogens (tertiary/aromatic N) is 2. The largest absolute Gasteiger partial charge is 0.858 e. The molecule has 0 amide bonds. The number of alkyl halides is 3. The summed E-state index contributed by atoms with van der Waals surface area (Å²) >= 11 is 1.48. The molecule has 3 rings (SSSR count). The van der Waals surface area contributed by atoms with Gasteiger partial charge in [-0.15, -0.1) is 11.3 Å². The van der Waals surface area contributed by atoms with E-state index in [2.05, 4.69) is 9.98 Å². The lowest BCUT2D eigenvalue weighted by Crippen LogP contribution is -2.20. The third kappa shape index (κ3) is 6.07. The quantitative estimate of drug-likeness (QED) is 0.335. The van der Waals surface area contributed by atoms with Gasteiger partial charge in [-0.2, -0.15) is 13.2 Å². The fourth-order valence-corrected chi connectivity index (χ4v) is 4.27. The molecule has 168 valence electrons. The number of hydrogen-bond acceptors (Lipinski definition) is 4. The van der Waals surface area contributed by atoms with Crippen molar-refractivity contribution in [1.82, 2.24) is 4.98 Å². The second kappa shape index (κ2) is 9.69. The summed E-state index contributed by atoms with van der Waals surface area (Å²) in [5.74, 6) is -2.06. The maximum atomic E-state index is 13.7. The van der Waals surface area contributed by atoms with E-state index in [1.54, 1.807) is 57.3 Å². The van der Waals surface area contributed by atoms with Crippen LogP contribution in [0, 0.1) is 27.7 Å². The first-order valence-electron chi connectivity index (χ1n) is 10.1. The molecule has 1 atom stereocenters. The molecule has 0 aliphatic carbocycles. The summed E-state index contributed by atoms with van der Waals surface area (Å²) in [4.78, 5) is 9.14. The van der Waals surface area contributed by atoms with Crippen LogP contribution in [0.25, 0.3) is 6.08 Å². The van der Waals surface area contributed by atoms with Crippen LogP contribution in [0.3, 0.4) is 0 Å². The van der Waals surface area contributed by atoms with Crippen molar-refractivity contribution in [1.29, 1.82) is 0 Å². The fourth-order valence-electron chi connectivity index (χ4n) is 3.55. The summed E-state index contributed by atoms with van der Waals surface area (Å²) in [6.07, 6.45) is -0.0881. The molecule has 2 aromatic carbocycles. The summed E-state index contributed by atoms with van der Waals surface area (Å²) < 4.78 is 41.2. The Balaban J connectivity index is 1.82. The summed E-state index contributed by atoms with van der Waals surface area (Å²) in [7, 11) is 0. The molecule has 0 N–H and O–H groups in total. The second-order valence-corrected chi connectivity index (χ2v) is 9.16. The Labute approximate surface area is 190 Å². The minimum absolute atomic E-state index is 0.215. The summed E-state index contributed by atoms with van der Waals surface area (Å²) in [6.45, 7) is 7.47. The van der Waals surface area contributed by atoms with Crippen molar-refractivity contribution in [3.63, 3.8) is 0 Å². The van der Waals surface area contributed by atoms with Crippen LogP contribution in [-0.4, -0.2) is 17.1 Å². The number of hydrogen-bond donors (Lipinski definition) is 0. The van der Waals surface area contributed by atoms with E-state index in [1.807, 2.05) is 13.0 Å². The third-order valence-electron chi connectivity index (χ3n) is 4.97. The van der Waals surface area contributed by atoms with Gasteiger partial charge in [-0.1, -0.05) is 59.7 Å². The molecule has 0 bridgehead atoms. The van der Waals surface area contributed by atoms with Crippen molar-refractivity contribution in [3.8, 4) is 0 Å². The van der Waals surface area contributed by atoms with Crippen molar-refractivity contribution in [3.05, 3.63) is 91.9 Å². The van der Waals surface area contributed by atoms with E-state index >= 15 is 0 Å². The Morgan fingerprint density at radius 1 is 1.09 bits per heavy atom. The van der Waals surface area contributed by atoms with Crippen molar-refractivity contribution < 1.29 is 18.3 Å². The van der Waals surface area contributed by atoms with Gasteiger partial charge in [0.25, 0.3) is 0 Å². The summed E-state index contributed by atoms with van der Waals surface area (Å²) in [5.41, 5.74) is 3.49. The molecule has 0 saturated heterocycles. The zero-order valence-electron chi connectivity index (χ0n) is 18.3. The molecule has 0 spiro atoms. The monoisotopic (exact) mass is 457 g/mol. The van der Waals surface area contributed by atoms with Crippen molar-refractivity contribution in [2.45, 2.75) is 46.3 Å². The number of rotatable bonds is 6. The van der Waals surface area contributed by atoms with E-state index in [1.165, 1.54) is 23.5 Å². The normalized spacial score (nSPS) is 13.7. The molecule has 3 aromatic rings. The maximum absolute atomic E-state index is 13.7. The Kier molecular flexibility index (Phi) is 7.19. The fraction of sp³-hybridized carbons (Fsp3) is 0.280. The highest BCUT2D eigenvalue weighted by Gasteiger charge is 2.39. The SMILES string of the molecule is Cc1cc(C)cc(C(/C=C/c2ccc(C([O-])=NCc3cnc(C)s3)c(C)c2)C(F)(F)F)c1. The van der Waals surface area contributed by atoms with E-state index in [0.29, 0.717) is 16.7 Å². The van der Waals surface area contributed by atoms with Gasteiger partial charge in [0.15, 0.2) is 0 Å². The van der Waals surface area contributed by atoms with Gasteiger partial charge in [-0.3, -0.25) is 4.99 Å². The van der Waals surface area contributed by atoms with Gasteiger partial charge in [0.2, 0.25) is 0 Å². The van der Waals surface area contributed by atoms with Crippen molar-refractivity contribution in [2.24, 2.45) is 4.99 Å². The van der Waals surface area contributed by atoms with Crippen LogP contribution in [0.5, 0.6) is 0 Å². The third-order valence-corrected chi connectivity index (χ3v) is 5.86. The van der Waals surface area contributed by atoms with Crippen LogP contribution in [0.4, 0.5) is 13.2 Å². The van der Waals surface area contributed by atoms with Crippen LogP contribution >= 0.6 is 11.3 Å². The van der Waals surface area contributed by atoms with E-state index in [4.69, 9.17) is 0 Å². The lowest BCUT2D eigenvalue weighted by Gasteiger charge is -2.19. The smallest absolute Gasteiger partial charge is 0.399 e. The highest BCUT2D eigenvalue weighted by molar-refractivity contribution is 7.11. The molecule has 0 radical (unpaired) electrons. The van der Waals surface area contributed by atoms with Crippen LogP contribution in [0.1, 0.15) is 49.2 Å². The Bertz CT molecular complexity index is 1140. The molecule has 1 heterocycles. The number of aliphatic imine (C=N–C) groups is 1. The van der Waals surface area contributed by atoms with Gasteiger partial charge in [-0.25, -0.2) is 4.98 Å². The minimum atomic E-state index is -4.41. The molecule has 0 aliphatic rings. The number of aryl methyl sites for hydroxylation is 4. The molecule has 3 nitrogen and oxygen atoms in total.